The molecule has 5 aromatic heterocycles. The first-order valence-electron chi connectivity index (χ1n) is 45.1. The molecule has 4 saturated heterocycles. The third-order valence-corrected chi connectivity index (χ3v) is 27.6. The Morgan fingerprint density at radius 2 is 0.710 bits per heavy atom. The third-order valence-electron chi connectivity index (χ3n) is 27.6. The van der Waals surface area contributed by atoms with Crippen molar-refractivity contribution in [3.8, 4) is 23.0 Å². The minimum atomic E-state index is -1.35. The highest BCUT2D eigenvalue weighted by atomic mass is 16.5. The van der Waals surface area contributed by atoms with Gasteiger partial charge in [-0.25, -0.2) is 14.4 Å². The zero-order valence-corrected chi connectivity index (χ0v) is 76.8. The average Bonchev–Trinajstić information content (AvgIpc) is 1.59. The van der Waals surface area contributed by atoms with Crippen LogP contribution in [0.3, 0.4) is 0 Å². The summed E-state index contributed by atoms with van der Waals surface area (Å²) in [6.45, 7) is 6.89. The lowest BCUT2D eigenvalue weighted by molar-refractivity contribution is -0.132. The summed E-state index contributed by atoms with van der Waals surface area (Å²) in [5, 5.41) is 12.3. The van der Waals surface area contributed by atoms with Gasteiger partial charge in [-0.15, -0.1) is 0 Å². The molecule has 7 N–H and O–H groups in total. The normalized spacial score (nSPS) is 21.3. The minimum Gasteiger partial charge on any atom is -0.497 e. The van der Waals surface area contributed by atoms with E-state index >= 15 is 0 Å². The number of ether oxygens (including phenoxy) is 4. The summed E-state index contributed by atoms with van der Waals surface area (Å²) in [7, 11) is 9.53. The van der Waals surface area contributed by atoms with E-state index in [1.807, 2.05) is 37.3 Å². The number of nitrogens with one attached hydrogen (secondary N) is 5. The van der Waals surface area contributed by atoms with Gasteiger partial charge in [0, 0.05) is 188 Å². The second kappa shape index (κ2) is 36.7. The van der Waals surface area contributed by atoms with E-state index < -0.39 is 74.9 Å². The molecule has 716 valence electrons. The predicted octanol–water partition coefficient (Wildman–Crippen LogP) is 5.00. The molecular formula is C98H100N16O24. The second-order valence-corrected chi connectivity index (χ2v) is 36.5. The molecule has 12 aliphatic rings. The SMILES string of the molecule is CCNC(=O)N1CCc2oc([C@]3(CN4Cc5ccc(OC)cc5C4=O)CC(=O)NC3=O)cc2C1.COc1ccc2c(c1)C(=O)N(C[C@@]1(c3cc4c(o3)CCN(C(=O)Cc3cccnc3)C4)CC(=O)NC1=O)C2.COc1ccc2c(c1)C(=O)N(C[C@@]1(c3cc4c(o3)CCN(C(=O)N(C)C)C4)CC(=O)NC1=O)C2.COc1ccc2c(c1)C(=O)N(C[C@@]1(c3cc4c(o3)CCN(C(N)=O)C4)CC(=O)NC1=O)C2. The van der Waals surface area contributed by atoms with Crippen molar-refractivity contribution < 1.29 is 113 Å². The molecule has 4 fully saturated rings. The van der Waals surface area contributed by atoms with Crippen LogP contribution >= 0.6 is 0 Å². The summed E-state index contributed by atoms with van der Waals surface area (Å²) in [6.07, 6.45) is 5.09. The van der Waals surface area contributed by atoms with E-state index in [1.54, 1.807) is 140 Å². The van der Waals surface area contributed by atoms with Crippen LogP contribution in [0.2, 0.25) is 0 Å². The Labute approximate surface area is 789 Å². The topological polar surface area (TPSA) is 491 Å². The Balaban J connectivity index is 0.000000122. The molecule has 19 amide bonds. The number of urea groups is 3. The number of rotatable bonds is 19. The molecule has 4 aromatic carbocycles. The largest absolute Gasteiger partial charge is 0.497 e. The van der Waals surface area contributed by atoms with Crippen molar-refractivity contribution in [2.45, 2.75) is 139 Å². The van der Waals surface area contributed by atoms with Crippen LogP contribution in [-0.2, 0) is 149 Å². The maximum atomic E-state index is 13.3. The Morgan fingerprint density at radius 1 is 0.406 bits per heavy atom. The second-order valence-electron chi connectivity index (χ2n) is 36.5. The summed E-state index contributed by atoms with van der Waals surface area (Å²) in [6, 6.07) is 31.1. The molecule has 40 nitrogen and oxygen atoms in total. The summed E-state index contributed by atoms with van der Waals surface area (Å²) >= 11 is 0. The fraction of sp³-hybridized carbons (Fsp3) is 0.378. The molecule has 0 bridgehead atoms. The van der Waals surface area contributed by atoms with Crippen molar-refractivity contribution in [3.63, 3.8) is 0 Å². The zero-order chi connectivity index (χ0) is 97.3. The number of carbonyl (C=O) groups is 16. The van der Waals surface area contributed by atoms with Gasteiger partial charge in [-0.1, -0.05) is 30.3 Å². The predicted molar refractivity (Wildman–Crippen MR) is 481 cm³/mol. The molecule has 21 rings (SSSR count). The molecule has 0 spiro atoms. The first kappa shape index (κ1) is 92.5. The smallest absolute Gasteiger partial charge is 0.319 e. The van der Waals surface area contributed by atoms with Gasteiger partial charge in [0.2, 0.25) is 53.2 Å². The standard InChI is InChI=1S/C28H26N4O6.2C24H26N4O6.C22H22N4O6/c1-37-20-5-4-18-14-32(26(35)21(18)11-20)16-28(12-24(33)30-27(28)36)23-10-19-15-31(8-6-22(19)38-23)25(34)9-17-3-2-7-29-13-17;1-26(2)23(32)27-7-6-18-15(12-27)8-19(34-18)24(10-20(29)25-22(24)31)13-28-11-14-4-5-16(33-3)9-17(14)21(28)30;1-3-25-23(32)27-7-6-18-15(12-27)8-19(34-18)24(10-20(29)26-22(24)31)13-28-11-14-4-5-16(33-2)9-17(14)21(28)30;1-31-14-3-2-12-9-26(19(28)15(12)7-14)11-22(8-18(27)24-20(22)29)17-6-13-10-25(21(23)30)5-4-16(13)32-17/h2-5,7,10-11,13H,6,8-9,12,14-16H2,1H3,(H,30,33,36);4-5,8-9H,6-7,10-13H2,1-3H3,(H,25,29,31);4-5,8-9H,3,6-7,10-13H2,1-2H3,(H,25,32)(H,26,29,31);2-3,6-7H,4-5,8-11H2,1H3,(H2,23,30)(H,24,27,29)/t28-;2*24-;22-/m1111/s1. The number of primary amides is 1. The van der Waals surface area contributed by atoms with Crippen molar-refractivity contribution >= 4 is 94.9 Å². The molecule has 0 saturated carbocycles. The molecular weight excluding hydrogens is 1790 g/mol. The minimum absolute atomic E-state index is 0.00352. The first-order chi connectivity index (χ1) is 66.2. The Kier molecular flexibility index (Phi) is 24.6. The molecule has 0 radical (unpaired) electrons. The Bertz CT molecular complexity index is 6610. The fourth-order valence-corrected chi connectivity index (χ4v) is 20.2. The van der Waals surface area contributed by atoms with Crippen molar-refractivity contribution in [1.29, 1.82) is 0 Å². The molecule has 12 aliphatic heterocycles. The number of aromatic nitrogens is 1. The van der Waals surface area contributed by atoms with E-state index in [9.17, 15) is 76.7 Å². The highest BCUT2D eigenvalue weighted by Crippen LogP contribution is 2.46. The lowest BCUT2D eigenvalue weighted by atomic mass is 9.82. The maximum absolute atomic E-state index is 13.3. The van der Waals surface area contributed by atoms with Gasteiger partial charge < -0.3 is 91.8 Å². The molecule has 9 aromatic rings. The Hall–Kier alpha value is -15.9. The van der Waals surface area contributed by atoms with Crippen molar-refractivity contribution in [1.82, 2.24) is 75.7 Å². The lowest BCUT2D eigenvalue weighted by Gasteiger charge is -2.28. The van der Waals surface area contributed by atoms with Gasteiger partial charge in [-0.2, -0.15) is 0 Å². The number of benzene rings is 4. The molecule has 0 unspecified atom stereocenters. The Morgan fingerprint density at radius 3 is 1.00 bits per heavy atom. The molecule has 138 heavy (non-hydrogen) atoms. The van der Waals surface area contributed by atoms with E-state index in [1.165, 1.54) is 38.2 Å². The fourth-order valence-electron chi connectivity index (χ4n) is 20.2. The van der Waals surface area contributed by atoms with E-state index in [0.717, 1.165) is 50.1 Å². The average molecular weight is 1890 g/mol. The number of nitrogens with zero attached hydrogens (tertiary/aromatic N) is 10. The molecule has 17 heterocycles. The van der Waals surface area contributed by atoms with Crippen LogP contribution in [0.25, 0.3) is 0 Å². The van der Waals surface area contributed by atoms with Crippen LogP contribution in [-0.4, -0.2) is 245 Å². The summed E-state index contributed by atoms with van der Waals surface area (Å²) in [5.74, 6) is 1.87. The van der Waals surface area contributed by atoms with Crippen molar-refractivity contribution in [3.05, 3.63) is 240 Å². The van der Waals surface area contributed by atoms with Gasteiger partial charge in [-0.3, -0.25) is 88.6 Å². The number of carbonyl (C=O) groups excluding carboxylic acids is 16. The van der Waals surface area contributed by atoms with E-state index in [0.29, 0.717) is 196 Å². The highest BCUT2D eigenvalue weighted by molar-refractivity contribution is 6.13. The van der Waals surface area contributed by atoms with Crippen LogP contribution < -0.4 is 51.3 Å². The van der Waals surface area contributed by atoms with Gasteiger partial charge in [0.15, 0.2) is 0 Å². The van der Waals surface area contributed by atoms with Gasteiger partial charge >= 0.3 is 18.1 Å². The quantitative estimate of drug-likeness (QED) is 0.0580. The highest BCUT2D eigenvalue weighted by Gasteiger charge is 2.59. The number of methoxy groups -OCH3 is 4. The zero-order valence-electron chi connectivity index (χ0n) is 76.8. The first-order valence-corrected chi connectivity index (χ1v) is 45.1. The summed E-state index contributed by atoms with van der Waals surface area (Å²) in [4.78, 5) is 222. The summed E-state index contributed by atoms with van der Waals surface area (Å²) in [5.41, 5.74) is 9.47. The number of pyridine rings is 1. The van der Waals surface area contributed by atoms with Gasteiger partial charge in [0.1, 0.15) is 90.7 Å². The number of fused-ring (bicyclic) bond motifs is 8. The van der Waals surface area contributed by atoms with Crippen LogP contribution in [0.4, 0.5) is 14.4 Å². The molecule has 40 heteroatoms. The van der Waals surface area contributed by atoms with Crippen LogP contribution in [0.15, 0.2) is 139 Å². The number of furan rings is 4. The third kappa shape index (κ3) is 17.1. The summed E-state index contributed by atoms with van der Waals surface area (Å²) < 4.78 is 45.5. The number of amides is 19. The van der Waals surface area contributed by atoms with Crippen molar-refractivity contribution in [2.24, 2.45) is 5.73 Å². The van der Waals surface area contributed by atoms with Crippen LogP contribution in [0.5, 0.6) is 23.0 Å². The molecule has 4 atom stereocenters. The number of imide groups is 4. The van der Waals surface area contributed by atoms with Crippen LogP contribution in [0.1, 0.15) is 170 Å². The van der Waals surface area contributed by atoms with Gasteiger partial charge in [-0.05, 0) is 114 Å². The molecule has 0 aliphatic carbocycles. The maximum Gasteiger partial charge on any atom is 0.319 e. The van der Waals surface area contributed by atoms with E-state index in [4.69, 9.17) is 42.3 Å². The van der Waals surface area contributed by atoms with Crippen molar-refractivity contribution in [2.75, 3.05) is 101 Å². The van der Waals surface area contributed by atoms with E-state index in [-0.39, 0.29) is 106 Å². The van der Waals surface area contributed by atoms with Gasteiger partial charge in [0.05, 0.1) is 80.2 Å². The monoisotopic (exact) mass is 1880 g/mol. The van der Waals surface area contributed by atoms with Crippen LogP contribution in [0, 0.1) is 0 Å². The number of nitrogens with two attached hydrogens (primary N) is 1. The number of hydrogen-bond donors (Lipinski definition) is 6. The van der Waals surface area contributed by atoms with E-state index in [2.05, 4.69) is 31.6 Å². The van der Waals surface area contributed by atoms with Gasteiger partial charge in [0.25, 0.3) is 23.6 Å². The number of hydrogen-bond acceptors (Lipinski definition) is 25. The lowest BCUT2D eigenvalue weighted by Crippen LogP contribution is -2.46.